The summed E-state index contributed by atoms with van der Waals surface area (Å²) < 4.78 is 11.3. The summed E-state index contributed by atoms with van der Waals surface area (Å²) >= 11 is 0. The summed E-state index contributed by atoms with van der Waals surface area (Å²) in [5, 5.41) is 7.48. The van der Waals surface area contributed by atoms with E-state index < -0.39 is 0 Å². The minimum atomic E-state index is 0.696. The number of hydrogen-bond acceptors (Lipinski definition) is 4. The van der Waals surface area contributed by atoms with Crippen LogP contribution in [0, 0.1) is 0 Å². The largest absolute Gasteiger partial charge is 0.492 e. The van der Waals surface area contributed by atoms with E-state index in [1.165, 1.54) is 16.7 Å². The molecule has 1 fully saturated rings. The lowest BCUT2D eigenvalue weighted by Gasteiger charge is -2.26. The average Bonchev–Trinajstić information content (AvgIpc) is 3.52. The van der Waals surface area contributed by atoms with E-state index >= 15 is 0 Å². The van der Waals surface area contributed by atoms with Crippen molar-refractivity contribution in [3.63, 3.8) is 0 Å². The van der Waals surface area contributed by atoms with Gasteiger partial charge in [0, 0.05) is 19.6 Å². The van der Waals surface area contributed by atoms with E-state index in [0.29, 0.717) is 6.61 Å². The molecule has 0 atom stereocenters. The number of nitrogens with one attached hydrogen (secondary N) is 1. The summed E-state index contributed by atoms with van der Waals surface area (Å²) in [6.07, 6.45) is 13.7. The normalized spacial score (nSPS) is 16.1. The first-order valence-corrected chi connectivity index (χ1v) is 11.6. The number of allylic oxidation sites excluding steroid dienone is 1. The highest BCUT2D eigenvalue weighted by Crippen LogP contribution is 2.22. The highest BCUT2D eigenvalue weighted by molar-refractivity contribution is 5.73. The lowest BCUT2D eigenvalue weighted by atomic mass is 10.1. The number of rotatable bonds is 8. The number of aromatic amines is 1. The second-order valence-electron chi connectivity index (χ2n) is 8.35. The van der Waals surface area contributed by atoms with E-state index in [9.17, 15) is 0 Å². The number of benzene rings is 2. The van der Waals surface area contributed by atoms with E-state index in [1.807, 2.05) is 30.4 Å². The van der Waals surface area contributed by atoms with Gasteiger partial charge in [0.1, 0.15) is 12.4 Å². The van der Waals surface area contributed by atoms with Gasteiger partial charge in [0.05, 0.1) is 24.6 Å². The zero-order valence-corrected chi connectivity index (χ0v) is 18.7. The first-order chi connectivity index (χ1) is 16.3. The number of nitrogens with zero attached hydrogens (tertiary/aromatic N) is 2. The molecule has 5 rings (SSSR count). The van der Waals surface area contributed by atoms with Crippen molar-refractivity contribution in [2.75, 3.05) is 39.5 Å². The Balaban J connectivity index is 1.11. The first kappa shape index (κ1) is 21.4. The maximum Gasteiger partial charge on any atom is 0.119 e. The molecule has 0 saturated carbocycles. The number of fused-ring (bicyclic) bond motifs is 1. The molecule has 1 saturated heterocycles. The van der Waals surface area contributed by atoms with Gasteiger partial charge in [-0.3, -0.25) is 10.00 Å². The van der Waals surface area contributed by atoms with Crippen LogP contribution in [0.25, 0.3) is 30.4 Å². The third kappa shape index (κ3) is 5.89. The van der Waals surface area contributed by atoms with Gasteiger partial charge in [-0.05, 0) is 59.0 Å². The topological polar surface area (TPSA) is 50.4 Å². The van der Waals surface area contributed by atoms with Crippen molar-refractivity contribution >= 4 is 30.4 Å². The Morgan fingerprint density at radius 3 is 2.64 bits per heavy atom. The van der Waals surface area contributed by atoms with Crippen LogP contribution in [0.4, 0.5) is 0 Å². The van der Waals surface area contributed by atoms with Gasteiger partial charge >= 0.3 is 0 Å². The molecule has 0 unspecified atom stereocenters. The number of H-pyrrole nitrogens is 1. The molecule has 2 heterocycles. The molecule has 1 N–H and O–H groups in total. The Morgan fingerprint density at radius 1 is 0.939 bits per heavy atom. The Bertz CT molecular complexity index is 1150. The van der Waals surface area contributed by atoms with Crippen molar-refractivity contribution in [1.82, 2.24) is 15.1 Å². The molecule has 168 valence electrons. The quantitative estimate of drug-likeness (QED) is 0.535. The van der Waals surface area contributed by atoms with E-state index in [4.69, 9.17) is 9.47 Å². The molecule has 33 heavy (non-hydrogen) atoms. The summed E-state index contributed by atoms with van der Waals surface area (Å²) in [6, 6.07) is 16.8. The second kappa shape index (κ2) is 10.5. The highest BCUT2D eigenvalue weighted by Gasteiger charge is 2.09. The summed E-state index contributed by atoms with van der Waals surface area (Å²) in [5.41, 5.74) is 6.91. The van der Waals surface area contributed by atoms with Crippen LogP contribution >= 0.6 is 0 Å². The molecule has 0 amide bonds. The molecular formula is C28H29N3O2. The molecule has 2 aliphatic rings. The third-order valence-corrected chi connectivity index (χ3v) is 5.98. The standard InChI is InChI=1S/C28H29N3O2/c1-2-24-9-4-23(20-25(24)3-1)6-11-27-21-26(29-30-27)10-5-22-7-12-28(13-8-22)33-19-16-31-14-17-32-18-15-31/h1-2,4-13,20-21H,3,14-19H2,(H,29,30)/b10-5+,11-6+. The lowest BCUT2D eigenvalue weighted by Crippen LogP contribution is -2.38. The van der Waals surface area contributed by atoms with Gasteiger partial charge in [0.25, 0.3) is 0 Å². The molecule has 1 aliphatic carbocycles. The zero-order chi connectivity index (χ0) is 22.3. The Kier molecular flexibility index (Phi) is 6.80. The van der Waals surface area contributed by atoms with Crippen LogP contribution in [0.2, 0.25) is 0 Å². The first-order valence-electron chi connectivity index (χ1n) is 11.6. The van der Waals surface area contributed by atoms with Crippen molar-refractivity contribution in [3.8, 4) is 5.75 Å². The van der Waals surface area contributed by atoms with Crippen LogP contribution in [0.5, 0.6) is 5.75 Å². The Morgan fingerprint density at radius 2 is 1.76 bits per heavy atom. The summed E-state index contributed by atoms with van der Waals surface area (Å²) in [7, 11) is 0. The van der Waals surface area contributed by atoms with Gasteiger partial charge < -0.3 is 9.47 Å². The SMILES string of the molecule is C1=Cc2ccc(/C=C/c3cc(/C=C/c4ccc(OCCN5CCOCC5)cc4)[nH]n3)cc2C1. The van der Waals surface area contributed by atoms with Crippen molar-refractivity contribution in [2.24, 2.45) is 0 Å². The number of aromatic nitrogens is 2. The van der Waals surface area contributed by atoms with E-state index in [2.05, 4.69) is 69.7 Å². The van der Waals surface area contributed by atoms with Gasteiger partial charge in [0.2, 0.25) is 0 Å². The minimum absolute atomic E-state index is 0.696. The van der Waals surface area contributed by atoms with Crippen LogP contribution in [0.1, 0.15) is 33.6 Å². The van der Waals surface area contributed by atoms with Crippen LogP contribution in [-0.4, -0.2) is 54.6 Å². The third-order valence-electron chi connectivity index (χ3n) is 5.98. The van der Waals surface area contributed by atoms with Gasteiger partial charge in [-0.2, -0.15) is 5.10 Å². The van der Waals surface area contributed by atoms with Crippen molar-refractivity contribution in [1.29, 1.82) is 0 Å². The van der Waals surface area contributed by atoms with Crippen molar-refractivity contribution < 1.29 is 9.47 Å². The van der Waals surface area contributed by atoms with E-state index in [-0.39, 0.29) is 0 Å². The Labute approximate surface area is 195 Å². The fourth-order valence-electron chi connectivity index (χ4n) is 4.07. The Hall–Kier alpha value is -3.41. The van der Waals surface area contributed by atoms with Gasteiger partial charge in [-0.1, -0.05) is 54.6 Å². The molecule has 0 spiro atoms. The molecule has 1 aromatic heterocycles. The molecule has 3 aromatic rings. The van der Waals surface area contributed by atoms with Crippen molar-refractivity contribution in [3.05, 3.63) is 88.2 Å². The maximum absolute atomic E-state index is 5.88. The fourth-order valence-corrected chi connectivity index (χ4v) is 4.07. The van der Waals surface area contributed by atoms with Crippen molar-refractivity contribution in [2.45, 2.75) is 6.42 Å². The van der Waals surface area contributed by atoms with E-state index in [1.54, 1.807) is 0 Å². The predicted molar refractivity (Wildman–Crippen MR) is 135 cm³/mol. The molecule has 0 radical (unpaired) electrons. The fraction of sp³-hybridized carbons (Fsp3) is 0.250. The molecule has 2 aromatic carbocycles. The molecular weight excluding hydrogens is 410 g/mol. The average molecular weight is 440 g/mol. The predicted octanol–water partition coefficient (Wildman–Crippen LogP) is 5.03. The molecule has 0 bridgehead atoms. The summed E-state index contributed by atoms with van der Waals surface area (Å²) in [5.74, 6) is 0.900. The summed E-state index contributed by atoms with van der Waals surface area (Å²) in [4.78, 5) is 2.37. The number of morpholine rings is 1. The second-order valence-corrected chi connectivity index (χ2v) is 8.35. The zero-order valence-electron chi connectivity index (χ0n) is 18.7. The van der Waals surface area contributed by atoms with Gasteiger partial charge in [-0.15, -0.1) is 0 Å². The van der Waals surface area contributed by atoms with Crippen LogP contribution in [-0.2, 0) is 11.2 Å². The van der Waals surface area contributed by atoms with Crippen LogP contribution in [0.15, 0.2) is 54.6 Å². The van der Waals surface area contributed by atoms with Gasteiger partial charge in [0.15, 0.2) is 0 Å². The molecule has 1 aliphatic heterocycles. The van der Waals surface area contributed by atoms with Crippen LogP contribution in [0.3, 0.4) is 0 Å². The van der Waals surface area contributed by atoms with Crippen LogP contribution < -0.4 is 4.74 Å². The molecule has 5 heteroatoms. The minimum Gasteiger partial charge on any atom is -0.492 e. The number of hydrogen-bond donors (Lipinski definition) is 1. The molecule has 5 nitrogen and oxygen atoms in total. The lowest BCUT2D eigenvalue weighted by molar-refractivity contribution is 0.0322. The maximum atomic E-state index is 5.88. The smallest absolute Gasteiger partial charge is 0.119 e. The summed E-state index contributed by atoms with van der Waals surface area (Å²) in [6.45, 7) is 5.25. The monoisotopic (exact) mass is 439 g/mol. The van der Waals surface area contributed by atoms with Gasteiger partial charge in [-0.25, -0.2) is 0 Å². The number of ether oxygens (including phenoxy) is 2. The highest BCUT2D eigenvalue weighted by atomic mass is 16.5. The van der Waals surface area contributed by atoms with E-state index in [0.717, 1.165) is 62.0 Å².